The minimum atomic E-state index is -3.77. The van der Waals surface area contributed by atoms with Crippen LogP contribution in [0, 0.1) is 0 Å². The Morgan fingerprint density at radius 1 is 0.926 bits per heavy atom. The monoisotopic (exact) mass is 380 g/mol. The molecule has 1 N–H and O–H groups in total. The normalized spacial score (nSPS) is 16.9. The standard InChI is InChI=1S/C21H20N2O3S/c1-14(16-8-4-3-5-9-16)22-21(24)15(2)23-18-12-6-10-17-11-7-13-19(20(17)18)27(23,25)26/h3-15H,1-2H3,(H,22,24)/t14-,15+/m1/s1. The van der Waals surface area contributed by atoms with Gasteiger partial charge in [-0.25, -0.2) is 8.42 Å². The highest BCUT2D eigenvalue weighted by Crippen LogP contribution is 2.43. The molecule has 0 spiro atoms. The molecule has 2 atom stereocenters. The number of anilines is 1. The molecule has 1 heterocycles. The Morgan fingerprint density at radius 2 is 1.59 bits per heavy atom. The first-order valence-corrected chi connectivity index (χ1v) is 10.3. The fourth-order valence-corrected chi connectivity index (χ4v) is 5.47. The lowest BCUT2D eigenvalue weighted by Gasteiger charge is -2.27. The summed E-state index contributed by atoms with van der Waals surface area (Å²) in [4.78, 5) is 13.1. The third-order valence-corrected chi connectivity index (χ3v) is 6.94. The van der Waals surface area contributed by atoms with Gasteiger partial charge in [0.25, 0.3) is 10.0 Å². The van der Waals surface area contributed by atoms with E-state index in [1.807, 2.05) is 55.5 Å². The third-order valence-electron chi connectivity index (χ3n) is 5.01. The average molecular weight is 380 g/mol. The van der Waals surface area contributed by atoms with Crippen molar-refractivity contribution in [1.29, 1.82) is 0 Å². The molecule has 0 unspecified atom stereocenters. The van der Waals surface area contributed by atoms with Crippen molar-refractivity contribution >= 4 is 32.4 Å². The lowest BCUT2D eigenvalue weighted by molar-refractivity contribution is -0.122. The van der Waals surface area contributed by atoms with E-state index in [9.17, 15) is 13.2 Å². The number of rotatable bonds is 4. The maximum absolute atomic E-state index is 13.1. The summed E-state index contributed by atoms with van der Waals surface area (Å²) in [5, 5.41) is 4.45. The highest BCUT2D eigenvalue weighted by Gasteiger charge is 2.40. The SMILES string of the molecule is C[C@@H](NC(=O)[C@H](C)N1c2cccc3cccc(c23)S1(=O)=O)c1ccccc1. The molecule has 5 nitrogen and oxygen atoms in total. The molecule has 138 valence electrons. The van der Waals surface area contributed by atoms with Gasteiger partial charge in [-0.2, -0.15) is 0 Å². The predicted octanol–water partition coefficient (Wildman–Crippen LogP) is 3.61. The van der Waals surface area contributed by atoms with Gasteiger partial charge in [0.2, 0.25) is 5.91 Å². The van der Waals surface area contributed by atoms with Crippen molar-refractivity contribution in [2.24, 2.45) is 0 Å². The molecule has 1 amide bonds. The van der Waals surface area contributed by atoms with Crippen molar-refractivity contribution in [1.82, 2.24) is 5.32 Å². The Bertz CT molecular complexity index is 1120. The van der Waals surface area contributed by atoms with Crippen molar-refractivity contribution < 1.29 is 13.2 Å². The van der Waals surface area contributed by atoms with Crippen molar-refractivity contribution in [2.45, 2.75) is 30.8 Å². The number of nitrogens with zero attached hydrogens (tertiary/aromatic N) is 1. The summed E-state index contributed by atoms with van der Waals surface area (Å²) < 4.78 is 27.5. The largest absolute Gasteiger partial charge is 0.348 e. The molecule has 1 aliphatic heterocycles. The Morgan fingerprint density at radius 3 is 2.30 bits per heavy atom. The van der Waals surface area contributed by atoms with Crippen LogP contribution in [0.4, 0.5) is 5.69 Å². The molecule has 4 rings (SSSR count). The molecule has 3 aromatic carbocycles. The van der Waals surface area contributed by atoms with E-state index >= 15 is 0 Å². The summed E-state index contributed by atoms with van der Waals surface area (Å²) in [5.74, 6) is -0.334. The maximum atomic E-state index is 13.1. The van der Waals surface area contributed by atoms with Crippen LogP contribution in [-0.4, -0.2) is 20.4 Å². The zero-order chi connectivity index (χ0) is 19.2. The van der Waals surface area contributed by atoms with E-state index in [2.05, 4.69) is 5.32 Å². The van der Waals surface area contributed by atoms with E-state index < -0.39 is 16.1 Å². The van der Waals surface area contributed by atoms with Gasteiger partial charge in [-0.15, -0.1) is 0 Å². The Kier molecular flexibility index (Phi) is 4.15. The van der Waals surface area contributed by atoms with E-state index in [4.69, 9.17) is 0 Å². The summed E-state index contributed by atoms with van der Waals surface area (Å²) in [5.41, 5.74) is 1.52. The van der Waals surface area contributed by atoms with Gasteiger partial charge in [0.05, 0.1) is 16.6 Å². The number of hydrogen-bond acceptors (Lipinski definition) is 3. The molecule has 0 saturated heterocycles. The van der Waals surface area contributed by atoms with Gasteiger partial charge < -0.3 is 5.32 Å². The number of benzene rings is 3. The number of sulfonamides is 1. The topological polar surface area (TPSA) is 66.5 Å². The summed E-state index contributed by atoms with van der Waals surface area (Å²) in [7, 11) is -3.77. The number of carbonyl (C=O) groups excluding carboxylic acids is 1. The second-order valence-corrected chi connectivity index (χ2v) is 8.53. The molecular formula is C21H20N2O3S. The zero-order valence-corrected chi connectivity index (χ0v) is 15.9. The van der Waals surface area contributed by atoms with Crippen LogP contribution in [0.5, 0.6) is 0 Å². The van der Waals surface area contributed by atoms with Crippen LogP contribution < -0.4 is 9.62 Å². The van der Waals surface area contributed by atoms with E-state index in [1.165, 1.54) is 4.31 Å². The molecule has 0 bridgehead atoms. The van der Waals surface area contributed by atoms with E-state index in [1.54, 1.807) is 25.1 Å². The fourth-order valence-electron chi connectivity index (χ4n) is 3.60. The van der Waals surface area contributed by atoms with Gasteiger partial charge in [-0.3, -0.25) is 9.10 Å². The second-order valence-electron chi connectivity index (χ2n) is 6.75. The van der Waals surface area contributed by atoms with Gasteiger partial charge in [-0.1, -0.05) is 54.6 Å². The van der Waals surface area contributed by atoms with Crippen molar-refractivity contribution in [2.75, 3.05) is 4.31 Å². The quantitative estimate of drug-likeness (QED) is 0.752. The molecule has 1 aliphatic rings. The highest BCUT2D eigenvalue weighted by atomic mass is 32.2. The Hall–Kier alpha value is -2.86. The summed E-state index contributed by atoms with van der Waals surface area (Å²) in [6, 6.07) is 19.1. The van der Waals surface area contributed by atoms with Crippen molar-refractivity contribution in [3.05, 3.63) is 72.3 Å². The second kappa shape index (κ2) is 6.39. The lowest BCUT2D eigenvalue weighted by atomic mass is 10.1. The maximum Gasteiger partial charge on any atom is 0.265 e. The van der Waals surface area contributed by atoms with Gasteiger partial charge in [-0.05, 0) is 36.9 Å². The van der Waals surface area contributed by atoms with E-state index in [0.717, 1.165) is 10.9 Å². The van der Waals surface area contributed by atoms with E-state index in [-0.39, 0.29) is 16.8 Å². The first-order valence-electron chi connectivity index (χ1n) is 8.83. The molecule has 0 saturated carbocycles. The molecule has 6 heteroatoms. The van der Waals surface area contributed by atoms with Gasteiger partial charge in [0, 0.05) is 5.39 Å². The van der Waals surface area contributed by atoms with Crippen LogP contribution in [0.2, 0.25) is 0 Å². The average Bonchev–Trinajstić information content (AvgIpc) is 2.90. The Balaban J connectivity index is 1.67. The number of hydrogen-bond donors (Lipinski definition) is 1. The first kappa shape index (κ1) is 17.5. The van der Waals surface area contributed by atoms with Crippen LogP contribution in [0.25, 0.3) is 10.8 Å². The fraction of sp³-hybridized carbons (Fsp3) is 0.190. The minimum absolute atomic E-state index is 0.218. The number of carbonyl (C=O) groups is 1. The molecular weight excluding hydrogens is 360 g/mol. The van der Waals surface area contributed by atoms with Crippen LogP contribution in [0.1, 0.15) is 25.5 Å². The third kappa shape index (κ3) is 2.77. The summed E-state index contributed by atoms with van der Waals surface area (Å²) >= 11 is 0. The minimum Gasteiger partial charge on any atom is -0.348 e. The summed E-state index contributed by atoms with van der Waals surface area (Å²) in [6.45, 7) is 3.50. The van der Waals surface area contributed by atoms with Crippen LogP contribution in [-0.2, 0) is 14.8 Å². The molecule has 27 heavy (non-hydrogen) atoms. The summed E-state index contributed by atoms with van der Waals surface area (Å²) in [6.07, 6.45) is 0. The predicted molar refractivity (Wildman–Crippen MR) is 106 cm³/mol. The molecule has 0 radical (unpaired) electrons. The Labute approximate surface area is 158 Å². The molecule has 0 fully saturated rings. The smallest absolute Gasteiger partial charge is 0.265 e. The zero-order valence-electron chi connectivity index (χ0n) is 15.1. The molecule has 3 aromatic rings. The molecule has 0 aliphatic carbocycles. The molecule has 0 aromatic heterocycles. The van der Waals surface area contributed by atoms with Gasteiger partial charge >= 0.3 is 0 Å². The van der Waals surface area contributed by atoms with Crippen molar-refractivity contribution in [3.63, 3.8) is 0 Å². The van der Waals surface area contributed by atoms with Crippen LogP contribution in [0.15, 0.2) is 71.6 Å². The number of nitrogens with one attached hydrogen (secondary N) is 1. The van der Waals surface area contributed by atoms with E-state index in [0.29, 0.717) is 11.1 Å². The van der Waals surface area contributed by atoms with Crippen LogP contribution in [0.3, 0.4) is 0 Å². The number of amides is 1. The van der Waals surface area contributed by atoms with Crippen molar-refractivity contribution in [3.8, 4) is 0 Å². The van der Waals surface area contributed by atoms with Gasteiger partial charge in [0.1, 0.15) is 6.04 Å². The van der Waals surface area contributed by atoms with Gasteiger partial charge in [0.15, 0.2) is 0 Å². The first-order chi connectivity index (χ1) is 12.9. The lowest BCUT2D eigenvalue weighted by Crippen LogP contribution is -2.47. The highest BCUT2D eigenvalue weighted by molar-refractivity contribution is 7.93. The van der Waals surface area contributed by atoms with Crippen LogP contribution >= 0.6 is 0 Å².